The molecule has 0 aliphatic carbocycles. The maximum Gasteiger partial charge on any atom is 0.251 e. The maximum absolute atomic E-state index is 12.2. The monoisotopic (exact) mass is 325 g/mol. The molecule has 6 heteroatoms. The highest BCUT2D eigenvalue weighted by Gasteiger charge is 2.22. The van der Waals surface area contributed by atoms with Gasteiger partial charge in [-0.1, -0.05) is 13.8 Å². The minimum atomic E-state index is -0.349. The number of rotatable bonds is 5. The molecule has 0 radical (unpaired) electrons. The summed E-state index contributed by atoms with van der Waals surface area (Å²) in [5, 5.41) is 5.72. The number of hydrogen-bond acceptors (Lipinski definition) is 3. The summed E-state index contributed by atoms with van der Waals surface area (Å²) >= 11 is 0. The lowest BCUT2D eigenvalue weighted by Gasteiger charge is -2.27. The average molecular weight is 326 g/mol. The van der Waals surface area contributed by atoms with E-state index in [1.54, 1.807) is 12.1 Å². The number of carbonyl (C=O) groups excluding carboxylic acids is 2. The normalized spacial score (nSPS) is 13.7. The number of aryl methyl sites for hydroxylation is 1. The van der Waals surface area contributed by atoms with E-state index < -0.39 is 0 Å². The molecule has 0 spiro atoms. The van der Waals surface area contributed by atoms with E-state index in [0.29, 0.717) is 24.9 Å². The summed E-state index contributed by atoms with van der Waals surface area (Å²) in [5.41, 5.74) is 8.26. The van der Waals surface area contributed by atoms with Crippen LogP contribution < -0.4 is 16.4 Å². The number of fused-ring (bicyclic) bond motifs is 1. The van der Waals surface area contributed by atoms with Gasteiger partial charge in [0.2, 0.25) is 5.91 Å². The Bertz CT molecular complexity index is 556. The third-order valence-corrected chi connectivity index (χ3v) is 4.27. The number of amides is 2. The van der Waals surface area contributed by atoms with Crippen molar-refractivity contribution in [1.29, 1.82) is 0 Å². The van der Waals surface area contributed by atoms with Crippen LogP contribution in [0.5, 0.6) is 0 Å². The standard InChI is InChI=1S/C16H23N3O2.ClH/c1-3-16(17,4-2)10-18-15(21)12-5-7-13-11(9-12)6-8-14(20)19-13;/h5,7,9H,3-4,6,8,10,17H2,1-2H3,(H,18,21)(H,19,20);1H. The summed E-state index contributed by atoms with van der Waals surface area (Å²) in [7, 11) is 0. The Morgan fingerprint density at radius 3 is 2.64 bits per heavy atom. The molecule has 1 aliphatic heterocycles. The zero-order valence-electron chi connectivity index (χ0n) is 13.1. The summed E-state index contributed by atoms with van der Waals surface area (Å²) in [6, 6.07) is 5.37. The topological polar surface area (TPSA) is 84.2 Å². The van der Waals surface area contributed by atoms with Crippen LogP contribution in [0.15, 0.2) is 18.2 Å². The lowest BCUT2D eigenvalue weighted by Crippen LogP contribution is -2.49. The molecule has 0 bridgehead atoms. The fraction of sp³-hybridized carbons (Fsp3) is 0.500. The molecule has 1 heterocycles. The summed E-state index contributed by atoms with van der Waals surface area (Å²) < 4.78 is 0. The van der Waals surface area contributed by atoms with Crippen molar-refractivity contribution in [1.82, 2.24) is 5.32 Å². The number of nitrogens with two attached hydrogens (primary N) is 1. The highest BCUT2D eigenvalue weighted by atomic mass is 35.5. The summed E-state index contributed by atoms with van der Waals surface area (Å²) in [6.45, 7) is 4.51. The molecule has 0 saturated heterocycles. The van der Waals surface area contributed by atoms with Crippen molar-refractivity contribution in [2.45, 2.75) is 45.1 Å². The smallest absolute Gasteiger partial charge is 0.251 e. The van der Waals surface area contributed by atoms with Crippen LogP contribution in [0.3, 0.4) is 0 Å². The van der Waals surface area contributed by atoms with Crippen molar-refractivity contribution in [3.63, 3.8) is 0 Å². The first-order valence-corrected chi connectivity index (χ1v) is 7.47. The molecular formula is C16H24ClN3O2. The summed E-state index contributed by atoms with van der Waals surface area (Å²) in [5.74, 6) is -0.0927. The van der Waals surface area contributed by atoms with Gasteiger partial charge in [-0.25, -0.2) is 0 Å². The second kappa shape index (κ2) is 7.61. The lowest BCUT2D eigenvalue weighted by atomic mass is 9.94. The predicted molar refractivity (Wildman–Crippen MR) is 90.5 cm³/mol. The van der Waals surface area contributed by atoms with Crippen molar-refractivity contribution in [2.24, 2.45) is 5.73 Å². The predicted octanol–water partition coefficient (Wildman–Crippen LogP) is 2.24. The number of benzene rings is 1. The molecule has 4 N–H and O–H groups in total. The van der Waals surface area contributed by atoms with Gasteiger partial charge in [-0.15, -0.1) is 12.4 Å². The highest BCUT2D eigenvalue weighted by molar-refractivity contribution is 5.97. The van der Waals surface area contributed by atoms with Crippen molar-refractivity contribution in [3.8, 4) is 0 Å². The van der Waals surface area contributed by atoms with Gasteiger partial charge in [0.15, 0.2) is 0 Å². The Kier molecular flexibility index (Phi) is 6.38. The second-order valence-electron chi connectivity index (χ2n) is 5.67. The SMILES string of the molecule is CCC(N)(CC)CNC(=O)c1ccc2c(c1)CCC(=O)N2.Cl. The van der Waals surface area contributed by atoms with E-state index in [9.17, 15) is 9.59 Å². The summed E-state index contributed by atoms with van der Waals surface area (Å²) in [4.78, 5) is 23.5. The van der Waals surface area contributed by atoms with Crippen LogP contribution in [0.2, 0.25) is 0 Å². The number of carbonyl (C=O) groups is 2. The third kappa shape index (κ3) is 4.21. The van der Waals surface area contributed by atoms with E-state index in [4.69, 9.17) is 5.73 Å². The van der Waals surface area contributed by atoms with Crippen LogP contribution in [0.4, 0.5) is 5.69 Å². The molecule has 2 rings (SSSR count). The van der Waals surface area contributed by atoms with Gasteiger partial charge in [-0.05, 0) is 43.0 Å². The van der Waals surface area contributed by atoms with Crippen LogP contribution in [0, 0.1) is 0 Å². The molecule has 1 aliphatic rings. The first-order chi connectivity index (χ1) is 9.97. The number of hydrogen-bond donors (Lipinski definition) is 3. The molecule has 2 amide bonds. The number of nitrogens with one attached hydrogen (secondary N) is 2. The van der Waals surface area contributed by atoms with Gasteiger partial charge in [-0.2, -0.15) is 0 Å². The van der Waals surface area contributed by atoms with Gasteiger partial charge in [0.1, 0.15) is 0 Å². The van der Waals surface area contributed by atoms with Gasteiger partial charge < -0.3 is 16.4 Å². The second-order valence-corrected chi connectivity index (χ2v) is 5.67. The van der Waals surface area contributed by atoms with Crippen molar-refractivity contribution in [3.05, 3.63) is 29.3 Å². The van der Waals surface area contributed by atoms with Gasteiger partial charge in [0.05, 0.1) is 0 Å². The van der Waals surface area contributed by atoms with Crippen LogP contribution in [0.1, 0.15) is 49.0 Å². The van der Waals surface area contributed by atoms with Crippen molar-refractivity contribution in [2.75, 3.05) is 11.9 Å². The molecule has 122 valence electrons. The van der Waals surface area contributed by atoms with Gasteiger partial charge in [0, 0.05) is 29.8 Å². The zero-order chi connectivity index (χ0) is 15.5. The van der Waals surface area contributed by atoms with E-state index >= 15 is 0 Å². The molecule has 5 nitrogen and oxygen atoms in total. The van der Waals surface area contributed by atoms with E-state index in [-0.39, 0.29) is 29.8 Å². The Labute approximate surface area is 137 Å². The molecule has 0 atom stereocenters. The highest BCUT2D eigenvalue weighted by Crippen LogP contribution is 2.23. The van der Waals surface area contributed by atoms with E-state index in [1.165, 1.54) is 0 Å². The Morgan fingerprint density at radius 1 is 1.32 bits per heavy atom. The van der Waals surface area contributed by atoms with E-state index in [0.717, 1.165) is 24.1 Å². The van der Waals surface area contributed by atoms with Crippen LogP contribution in [-0.2, 0) is 11.2 Å². The van der Waals surface area contributed by atoms with Crippen LogP contribution in [0.25, 0.3) is 0 Å². The van der Waals surface area contributed by atoms with E-state index in [1.807, 2.05) is 19.9 Å². The van der Waals surface area contributed by atoms with E-state index in [2.05, 4.69) is 10.6 Å². The van der Waals surface area contributed by atoms with Gasteiger partial charge >= 0.3 is 0 Å². The molecule has 22 heavy (non-hydrogen) atoms. The van der Waals surface area contributed by atoms with Gasteiger partial charge in [-0.3, -0.25) is 9.59 Å². The fourth-order valence-electron chi connectivity index (χ4n) is 2.38. The number of anilines is 1. The molecule has 0 saturated carbocycles. The minimum absolute atomic E-state index is 0. The Balaban J connectivity index is 0.00000242. The quantitative estimate of drug-likeness (QED) is 0.776. The Morgan fingerprint density at radius 2 is 2.00 bits per heavy atom. The third-order valence-electron chi connectivity index (χ3n) is 4.27. The maximum atomic E-state index is 12.2. The molecule has 0 fully saturated rings. The number of halogens is 1. The van der Waals surface area contributed by atoms with Crippen LogP contribution >= 0.6 is 12.4 Å². The molecule has 0 unspecified atom stereocenters. The zero-order valence-corrected chi connectivity index (χ0v) is 13.9. The van der Waals surface area contributed by atoms with Crippen molar-refractivity contribution < 1.29 is 9.59 Å². The molecular weight excluding hydrogens is 302 g/mol. The first-order valence-electron chi connectivity index (χ1n) is 7.47. The minimum Gasteiger partial charge on any atom is -0.350 e. The molecule has 1 aromatic rings. The lowest BCUT2D eigenvalue weighted by molar-refractivity contribution is -0.116. The average Bonchev–Trinajstić information content (AvgIpc) is 2.51. The van der Waals surface area contributed by atoms with Gasteiger partial charge in [0.25, 0.3) is 5.91 Å². The van der Waals surface area contributed by atoms with Crippen LogP contribution in [-0.4, -0.2) is 23.9 Å². The fourth-order valence-corrected chi connectivity index (χ4v) is 2.38. The first kappa shape index (κ1) is 18.5. The Hall–Kier alpha value is -1.59. The largest absolute Gasteiger partial charge is 0.350 e. The molecule has 1 aromatic carbocycles. The summed E-state index contributed by atoms with van der Waals surface area (Å²) in [6.07, 6.45) is 2.78. The van der Waals surface area contributed by atoms with Crippen molar-refractivity contribution >= 4 is 29.9 Å². The molecule has 0 aromatic heterocycles.